The zero-order valence-corrected chi connectivity index (χ0v) is 19.6. The first kappa shape index (κ1) is 22.4. The number of nitrogens with one attached hydrogen (secondary N) is 1. The van der Waals surface area contributed by atoms with E-state index >= 15 is 0 Å². The van der Waals surface area contributed by atoms with Crippen LogP contribution in [0.1, 0.15) is 59.7 Å². The Labute approximate surface area is 180 Å². The summed E-state index contributed by atoms with van der Waals surface area (Å²) >= 11 is 1.46. The molecule has 0 saturated carbocycles. The molecule has 0 aliphatic carbocycles. The molecule has 0 aromatic carbocycles. The van der Waals surface area contributed by atoms with Crippen LogP contribution < -0.4 is 5.32 Å². The van der Waals surface area contributed by atoms with E-state index in [1.807, 2.05) is 18.7 Å². The van der Waals surface area contributed by atoms with E-state index in [1.165, 1.54) is 30.9 Å². The zero-order chi connectivity index (χ0) is 21.0. The van der Waals surface area contributed by atoms with Crippen LogP contribution in [0.25, 0.3) is 0 Å². The minimum absolute atomic E-state index is 0.260. The molecule has 1 aromatic heterocycles. The first-order chi connectivity index (χ1) is 13.8. The average Bonchev–Trinajstić information content (AvgIpc) is 3.35. The van der Waals surface area contributed by atoms with Gasteiger partial charge in [0.2, 0.25) is 11.0 Å². The van der Waals surface area contributed by atoms with Crippen molar-refractivity contribution in [2.45, 2.75) is 72.5 Å². The van der Waals surface area contributed by atoms with Gasteiger partial charge in [-0.05, 0) is 39.7 Å². The van der Waals surface area contributed by atoms with Crippen LogP contribution in [0.15, 0.2) is 0 Å². The van der Waals surface area contributed by atoms with Crippen LogP contribution in [0, 0.1) is 5.41 Å². The molecule has 1 amide bonds. The predicted molar refractivity (Wildman–Crippen MR) is 119 cm³/mol. The van der Waals surface area contributed by atoms with E-state index in [4.69, 9.17) is 4.98 Å². The number of rotatable bonds is 8. The van der Waals surface area contributed by atoms with Crippen molar-refractivity contribution in [2.75, 3.05) is 44.6 Å². The number of hydrogen-bond donors (Lipinski definition) is 1. The quantitative estimate of drug-likeness (QED) is 0.695. The van der Waals surface area contributed by atoms with E-state index in [9.17, 15) is 4.79 Å². The van der Waals surface area contributed by atoms with Crippen LogP contribution >= 0.6 is 11.5 Å². The number of likely N-dealkylation sites (tertiary alicyclic amines) is 1. The van der Waals surface area contributed by atoms with E-state index in [0.717, 1.165) is 56.6 Å². The largest absolute Gasteiger partial charge is 0.359 e. The molecule has 0 bridgehead atoms. The third-order valence-electron chi connectivity index (χ3n) is 6.53. The van der Waals surface area contributed by atoms with Gasteiger partial charge in [0.05, 0.1) is 6.54 Å². The minimum Gasteiger partial charge on any atom is -0.359 e. The molecule has 164 valence electrons. The number of amides is 1. The van der Waals surface area contributed by atoms with Crippen LogP contribution in [0.4, 0.5) is 5.13 Å². The molecule has 2 aliphatic heterocycles. The third-order valence-corrected chi connectivity index (χ3v) is 7.24. The fourth-order valence-electron chi connectivity index (χ4n) is 4.24. The van der Waals surface area contributed by atoms with Gasteiger partial charge >= 0.3 is 0 Å². The molecule has 2 aliphatic rings. The summed E-state index contributed by atoms with van der Waals surface area (Å²) in [5.74, 6) is 1.17. The summed E-state index contributed by atoms with van der Waals surface area (Å²) in [5.41, 5.74) is -0.260. The first-order valence-corrected chi connectivity index (χ1v) is 11.9. The number of hydrogen-bond acceptors (Lipinski definition) is 7. The number of piperazine rings is 1. The summed E-state index contributed by atoms with van der Waals surface area (Å²) in [6, 6.07) is 1.20. The number of aromatic nitrogens is 2. The summed E-state index contributed by atoms with van der Waals surface area (Å²) < 4.78 is 4.55. The highest BCUT2D eigenvalue weighted by atomic mass is 32.1. The number of carbonyl (C=O) groups excluding carboxylic acids is 1. The fourth-order valence-corrected chi connectivity index (χ4v) is 4.82. The average molecular weight is 423 g/mol. The molecule has 8 heteroatoms. The van der Waals surface area contributed by atoms with Gasteiger partial charge in [0, 0.05) is 61.8 Å². The zero-order valence-electron chi connectivity index (χ0n) is 18.8. The maximum absolute atomic E-state index is 12.6. The maximum atomic E-state index is 12.6. The Hall–Kier alpha value is -1.25. The van der Waals surface area contributed by atoms with Crippen LogP contribution in [-0.2, 0) is 11.3 Å². The normalized spacial score (nSPS) is 21.9. The Morgan fingerprint density at radius 3 is 2.62 bits per heavy atom. The van der Waals surface area contributed by atoms with Crippen molar-refractivity contribution >= 4 is 22.6 Å². The molecule has 0 radical (unpaired) electrons. The van der Waals surface area contributed by atoms with E-state index < -0.39 is 0 Å². The van der Waals surface area contributed by atoms with Crippen molar-refractivity contribution in [3.8, 4) is 0 Å². The van der Waals surface area contributed by atoms with E-state index in [-0.39, 0.29) is 11.3 Å². The van der Waals surface area contributed by atoms with Crippen molar-refractivity contribution in [2.24, 2.45) is 5.41 Å². The lowest BCUT2D eigenvalue weighted by atomic mass is 9.88. The van der Waals surface area contributed by atoms with Crippen LogP contribution in [0.5, 0.6) is 0 Å². The van der Waals surface area contributed by atoms with Crippen molar-refractivity contribution in [3.05, 3.63) is 5.82 Å². The molecule has 0 unspecified atom stereocenters. The lowest BCUT2D eigenvalue weighted by molar-refractivity contribution is -0.142. The van der Waals surface area contributed by atoms with Gasteiger partial charge in [-0.1, -0.05) is 20.8 Å². The van der Waals surface area contributed by atoms with Crippen molar-refractivity contribution < 1.29 is 4.79 Å². The molecule has 1 aromatic rings. The smallest absolute Gasteiger partial charge is 0.228 e. The Balaban J connectivity index is 1.43. The maximum Gasteiger partial charge on any atom is 0.228 e. The molecule has 1 N–H and O–H groups in total. The molecular weight excluding hydrogens is 384 g/mol. The van der Waals surface area contributed by atoms with Crippen LogP contribution in [0.3, 0.4) is 0 Å². The number of nitrogens with zero attached hydrogens (tertiary/aromatic N) is 5. The summed E-state index contributed by atoms with van der Waals surface area (Å²) in [6.07, 6.45) is 3.42. The summed E-state index contributed by atoms with van der Waals surface area (Å²) in [5, 5.41) is 4.43. The van der Waals surface area contributed by atoms with Crippen LogP contribution in [-0.4, -0.2) is 81.3 Å². The predicted octanol–water partition coefficient (Wildman–Crippen LogP) is 2.90. The SMILES string of the molecule is CCC(C)(C)C(=O)N1CCN(Cc2nsc(NC[C@@H]3CCCN3C(C)C)n2)CC1. The fraction of sp³-hybridized carbons (Fsp3) is 0.857. The van der Waals surface area contributed by atoms with Crippen molar-refractivity contribution in [3.63, 3.8) is 0 Å². The first-order valence-electron chi connectivity index (χ1n) is 11.1. The highest BCUT2D eigenvalue weighted by molar-refractivity contribution is 7.09. The Morgan fingerprint density at radius 1 is 1.24 bits per heavy atom. The van der Waals surface area contributed by atoms with Gasteiger partial charge in [0.1, 0.15) is 0 Å². The molecular formula is C21H38N6OS. The molecule has 1 atom stereocenters. The summed E-state index contributed by atoms with van der Waals surface area (Å²) in [7, 11) is 0. The Kier molecular flexibility index (Phi) is 7.51. The third kappa shape index (κ3) is 5.67. The van der Waals surface area contributed by atoms with E-state index in [1.54, 1.807) is 0 Å². The van der Waals surface area contributed by atoms with Crippen LogP contribution in [0.2, 0.25) is 0 Å². The lowest BCUT2D eigenvalue weighted by Gasteiger charge is -2.38. The van der Waals surface area contributed by atoms with Gasteiger partial charge in [-0.2, -0.15) is 4.37 Å². The highest BCUT2D eigenvalue weighted by Gasteiger charge is 2.32. The molecule has 29 heavy (non-hydrogen) atoms. The van der Waals surface area contributed by atoms with E-state index in [2.05, 4.69) is 40.3 Å². The van der Waals surface area contributed by atoms with Gasteiger partial charge < -0.3 is 10.2 Å². The van der Waals surface area contributed by atoms with Gasteiger partial charge in [-0.25, -0.2) is 4.98 Å². The number of anilines is 1. The Bertz CT molecular complexity index is 668. The molecule has 3 rings (SSSR count). The summed E-state index contributed by atoms with van der Waals surface area (Å²) in [4.78, 5) is 24.3. The van der Waals surface area contributed by atoms with E-state index in [0.29, 0.717) is 12.1 Å². The van der Waals surface area contributed by atoms with Gasteiger partial charge in [-0.15, -0.1) is 0 Å². The van der Waals surface area contributed by atoms with Crippen molar-refractivity contribution in [1.29, 1.82) is 0 Å². The topological polar surface area (TPSA) is 64.6 Å². The van der Waals surface area contributed by atoms with Crippen molar-refractivity contribution in [1.82, 2.24) is 24.1 Å². The minimum atomic E-state index is -0.260. The second-order valence-corrected chi connectivity index (χ2v) is 10.1. The number of carbonyl (C=O) groups is 1. The standard InChI is InChI=1S/C21H38N6OS/c1-6-21(4,5)19(28)26-12-10-25(11-13-26)15-18-23-20(29-24-18)22-14-17-8-7-9-27(17)16(2)3/h16-17H,6-15H2,1-5H3,(H,22,23,24)/t17-/m0/s1. The second-order valence-electron chi connectivity index (χ2n) is 9.33. The lowest BCUT2D eigenvalue weighted by Crippen LogP contribution is -2.51. The van der Waals surface area contributed by atoms with Gasteiger partial charge in [0.15, 0.2) is 5.82 Å². The van der Waals surface area contributed by atoms with Gasteiger partial charge in [0.25, 0.3) is 0 Å². The molecule has 7 nitrogen and oxygen atoms in total. The summed E-state index contributed by atoms with van der Waals surface area (Å²) in [6.45, 7) is 17.0. The Morgan fingerprint density at radius 2 is 1.97 bits per heavy atom. The molecule has 2 fully saturated rings. The highest BCUT2D eigenvalue weighted by Crippen LogP contribution is 2.24. The monoisotopic (exact) mass is 422 g/mol. The second kappa shape index (κ2) is 9.71. The molecule has 0 spiro atoms. The van der Waals surface area contributed by atoms with Gasteiger partial charge in [-0.3, -0.25) is 14.6 Å². The molecule has 2 saturated heterocycles. The molecule has 3 heterocycles.